The van der Waals surface area contributed by atoms with Crippen molar-refractivity contribution in [1.82, 2.24) is 6.15 Å². The van der Waals surface area contributed by atoms with Crippen LogP contribution in [0.1, 0.15) is 0 Å². The molecule has 0 aliphatic carbocycles. The van der Waals surface area contributed by atoms with Gasteiger partial charge in [-0.05, 0) is 0 Å². The Bertz CT molecular complexity index is 57.8. The summed E-state index contributed by atoms with van der Waals surface area (Å²) in [5.41, 5.74) is 0. The molecule has 7 heteroatoms. The van der Waals surface area contributed by atoms with Gasteiger partial charge in [0.2, 0.25) is 0 Å². The van der Waals surface area contributed by atoms with E-state index in [9.17, 15) is 0 Å². The maximum Gasteiger partial charge on any atom is 3.00 e. The molecule has 7 heavy (non-hydrogen) atoms. The van der Waals surface area contributed by atoms with Gasteiger partial charge in [0, 0.05) is 0 Å². The fraction of sp³-hybridized carbons (Fsp3) is 0. The second-order valence-electron chi connectivity index (χ2n) is 0.447. The van der Waals surface area contributed by atoms with Crippen molar-refractivity contribution in [2.75, 3.05) is 0 Å². The molecule has 44 valence electrons. The Morgan fingerprint density at radius 3 is 1.14 bits per heavy atom. The van der Waals surface area contributed by atoms with Crippen LogP contribution in [0.25, 0.3) is 0 Å². The van der Waals surface area contributed by atoms with Crippen LogP contribution in [0.15, 0.2) is 0 Å². The predicted octanol–water partition coefficient (Wildman–Crippen LogP) is -2.67. The van der Waals surface area contributed by atoms with Crippen LogP contribution >= 0.6 is 7.82 Å². The van der Waals surface area contributed by atoms with Crippen molar-refractivity contribution in [3.05, 3.63) is 0 Å². The number of rotatable bonds is 0. The fourth-order valence-electron chi connectivity index (χ4n) is 0. The molecule has 0 radical (unpaired) electrons. The molecule has 3 N–H and O–H groups in total. The quantitative estimate of drug-likeness (QED) is 0.311. The van der Waals surface area contributed by atoms with E-state index >= 15 is 0 Å². The summed E-state index contributed by atoms with van der Waals surface area (Å²) < 4.78 is 8.55. The molecule has 0 bridgehead atoms. The van der Waals surface area contributed by atoms with Crippen LogP contribution in [0.3, 0.4) is 0 Å². The van der Waals surface area contributed by atoms with Crippen LogP contribution in [-0.4, -0.2) is 0 Å². The van der Waals surface area contributed by atoms with Gasteiger partial charge in [-0.2, -0.15) is 7.82 Å². The summed E-state index contributed by atoms with van der Waals surface area (Å²) in [5.74, 6) is 0. The summed E-state index contributed by atoms with van der Waals surface area (Å²) in [6, 6.07) is 0. The monoisotopic (exact) mass is 167 g/mol. The average molecular weight is 167 g/mol. The van der Waals surface area contributed by atoms with E-state index in [4.69, 9.17) is 19.2 Å². The van der Waals surface area contributed by atoms with Crippen LogP contribution in [0.5, 0.6) is 0 Å². The van der Waals surface area contributed by atoms with Crippen LogP contribution in [0, 0.1) is 0 Å². The van der Waals surface area contributed by atoms with E-state index in [0.717, 1.165) is 0 Å². The van der Waals surface area contributed by atoms with Crippen LogP contribution in [-0.2, 0) is 21.6 Å². The van der Waals surface area contributed by atoms with Gasteiger partial charge in [-0.3, -0.25) is 0 Å². The van der Waals surface area contributed by atoms with Gasteiger partial charge in [-0.25, -0.2) is 0 Å². The second kappa shape index (κ2) is 4.74. The Morgan fingerprint density at radius 1 is 1.14 bits per heavy atom. The largest absolute Gasteiger partial charge is 3.00 e. The summed E-state index contributed by atoms with van der Waals surface area (Å²) in [4.78, 5) is 25.6. The van der Waals surface area contributed by atoms with Crippen molar-refractivity contribution < 1.29 is 36.3 Å². The molecule has 0 heterocycles. The zero-order valence-electron chi connectivity index (χ0n) is 3.17. The van der Waals surface area contributed by atoms with E-state index in [1.165, 1.54) is 0 Å². The molecule has 0 atom stereocenters. The summed E-state index contributed by atoms with van der Waals surface area (Å²) in [7, 11) is -5.39. The maximum atomic E-state index is 8.55. The average Bonchev–Trinajstić information content (AvgIpc) is 0.722. The Kier molecular flexibility index (Phi) is 10.6. The summed E-state index contributed by atoms with van der Waals surface area (Å²) in [6.45, 7) is 0. The third-order valence-electron chi connectivity index (χ3n) is 0. The van der Waals surface area contributed by atoms with Gasteiger partial charge in [0.25, 0.3) is 0 Å². The van der Waals surface area contributed by atoms with E-state index in [1.54, 1.807) is 0 Å². The van der Waals surface area contributed by atoms with Crippen molar-refractivity contribution in [2.45, 2.75) is 0 Å². The first-order valence-corrected chi connectivity index (χ1v) is 2.19. The minimum absolute atomic E-state index is 0. The molecule has 0 aromatic rings. The summed E-state index contributed by atoms with van der Waals surface area (Å²) in [6.07, 6.45) is 0. The molecular weight excluding hydrogens is 164 g/mol. The van der Waals surface area contributed by atoms with Gasteiger partial charge in [0.1, 0.15) is 0 Å². The molecule has 0 fully saturated rings. The fourth-order valence-corrected chi connectivity index (χ4v) is 0. The maximum absolute atomic E-state index is 8.55. The van der Waals surface area contributed by atoms with Crippen molar-refractivity contribution >= 4 is 7.82 Å². The first-order chi connectivity index (χ1) is 2.00. The Balaban J connectivity index is -0.0000000800. The number of phosphoric acid groups is 1. The molecule has 0 saturated heterocycles. The summed E-state index contributed by atoms with van der Waals surface area (Å²) >= 11 is 0. The van der Waals surface area contributed by atoms with Gasteiger partial charge >= 0.3 is 17.1 Å². The predicted molar refractivity (Wildman–Crippen MR) is 12.6 cm³/mol. The van der Waals surface area contributed by atoms with E-state index in [1.807, 2.05) is 0 Å². The Morgan fingerprint density at radius 2 is 1.14 bits per heavy atom. The Hall–Kier alpha value is 0.589. The van der Waals surface area contributed by atoms with Gasteiger partial charge in [0.15, 0.2) is 0 Å². The van der Waals surface area contributed by atoms with Crippen molar-refractivity contribution in [2.24, 2.45) is 0 Å². The van der Waals surface area contributed by atoms with Gasteiger partial charge in [0.05, 0.1) is 0 Å². The van der Waals surface area contributed by atoms with Gasteiger partial charge in [-0.15, -0.1) is 0 Å². The van der Waals surface area contributed by atoms with E-state index in [2.05, 4.69) is 0 Å². The summed E-state index contributed by atoms with van der Waals surface area (Å²) in [5, 5.41) is 0. The Labute approximate surface area is 51.0 Å². The minimum atomic E-state index is -5.39. The van der Waals surface area contributed by atoms with Crippen molar-refractivity contribution in [3.63, 3.8) is 0 Å². The molecule has 0 aliphatic heterocycles. The zero-order chi connectivity index (χ0) is 4.50. The molecule has 0 aromatic heterocycles. The van der Waals surface area contributed by atoms with Gasteiger partial charge in [-0.1, -0.05) is 0 Å². The molecule has 0 rings (SSSR count). The molecule has 0 spiro atoms. The molecule has 0 unspecified atom stereocenters. The van der Waals surface area contributed by atoms with Gasteiger partial charge < -0.3 is 25.4 Å². The van der Waals surface area contributed by atoms with E-state index in [-0.39, 0.29) is 23.2 Å². The zero-order valence-corrected chi connectivity index (χ0v) is 5.24. The van der Waals surface area contributed by atoms with E-state index < -0.39 is 7.82 Å². The van der Waals surface area contributed by atoms with Crippen molar-refractivity contribution in [3.8, 4) is 0 Å². The van der Waals surface area contributed by atoms with Crippen LogP contribution in [0.2, 0.25) is 0 Å². The molecule has 0 aromatic carbocycles. The van der Waals surface area contributed by atoms with E-state index in [0.29, 0.717) is 0 Å². The first kappa shape index (κ1) is 15.6. The van der Waals surface area contributed by atoms with Crippen molar-refractivity contribution in [1.29, 1.82) is 0 Å². The molecule has 5 nitrogen and oxygen atoms in total. The SMILES string of the molecule is N.O=P([O-])([O-])[O-].[Mn+3]. The molecule has 0 amide bonds. The molecular formula is H3MnNO4P. The smallest absolute Gasteiger partial charge is 0.822 e. The van der Waals surface area contributed by atoms with Crippen LogP contribution in [0.4, 0.5) is 0 Å². The minimum Gasteiger partial charge on any atom is -0.822 e. The first-order valence-electron chi connectivity index (χ1n) is 0.730. The topological polar surface area (TPSA) is 121 Å². The molecule has 0 aliphatic rings. The number of hydrogen-bond acceptors (Lipinski definition) is 5. The second-order valence-corrected chi connectivity index (χ2v) is 1.34. The standard InChI is InChI=1S/Mn.H3N.H3O4P/c;;1-5(2,3)4/h;1H3;(H3,1,2,3,4)/q+3;;/p-3. The molecule has 0 saturated carbocycles. The van der Waals surface area contributed by atoms with Crippen LogP contribution < -0.4 is 20.8 Å². The third-order valence-corrected chi connectivity index (χ3v) is 0. The third kappa shape index (κ3) is 399. The number of hydrogen-bond donors (Lipinski definition) is 1. The normalized spacial score (nSPS) is 8.43.